The minimum absolute atomic E-state index is 0.000177. The van der Waals surface area contributed by atoms with Gasteiger partial charge in [-0.1, -0.05) is 24.6 Å². The number of ketones is 1. The Kier molecular flexibility index (Phi) is 8.74. The number of fused-ring (bicyclic) bond motifs is 3. The lowest BCUT2D eigenvalue weighted by molar-refractivity contribution is -0.137. The second-order valence-corrected chi connectivity index (χ2v) is 11.3. The highest BCUT2D eigenvalue weighted by Gasteiger charge is 2.40. The number of hydrogen-bond donors (Lipinski definition) is 4. The number of benzene rings is 1. The summed E-state index contributed by atoms with van der Waals surface area (Å²) in [6, 6.07) is 8.85. The molecule has 0 unspecified atom stereocenters. The monoisotopic (exact) mass is 589 g/mol. The van der Waals surface area contributed by atoms with E-state index in [0.29, 0.717) is 23.0 Å². The van der Waals surface area contributed by atoms with Crippen molar-refractivity contribution in [3.63, 3.8) is 0 Å². The summed E-state index contributed by atoms with van der Waals surface area (Å²) in [6.07, 6.45) is 5.33. The minimum Gasteiger partial charge on any atom is -0.451 e. The van der Waals surface area contributed by atoms with Crippen LogP contribution in [0.2, 0.25) is 0 Å². The smallest absolute Gasteiger partial charge is 0.287 e. The van der Waals surface area contributed by atoms with Crippen LogP contribution in [0, 0.1) is 18.8 Å². The molecular formula is C31H35N5O7. The normalized spacial score (nSPS) is 19.5. The summed E-state index contributed by atoms with van der Waals surface area (Å²) in [6.45, 7) is 1.51. The number of carbonyl (C=O) groups is 5. The van der Waals surface area contributed by atoms with Crippen LogP contribution < -0.4 is 26.8 Å². The highest BCUT2D eigenvalue weighted by Crippen LogP contribution is 2.44. The standard InChI is InChI=1S/C31H35N5O7/c1-17-20-6-3-4-8-25(20)43-27(17)30(41)34-21(11-12-24(37)29(40)32-2)28(39)35-22-7-5-13-36(31(22)42)16-26(38)33-23-15-18-9-10-19(23)14-18/h3-8,13,18-19,21,23H,9-12,14-16H2,1-2H3,(H,32,40)(H,33,38)(H,34,41)(H,35,39)/t18-,19+,21-,23-/m0/s1. The third-order valence-electron chi connectivity index (χ3n) is 8.49. The molecule has 5 rings (SSSR count). The van der Waals surface area contributed by atoms with Crippen molar-refractivity contribution in [2.24, 2.45) is 11.8 Å². The molecule has 12 nitrogen and oxygen atoms in total. The number of pyridine rings is 1. The molecule has 43 heavy (non-hydrogen) atoms. The number of para-hydroxylation sites is 1. The fraction of sp³-hybridized carbons (Fsp3) is 0.419. The zero-order valence-corrected chi connectivity index (χ0v) is 24.1. The molecule has 4 atom stereocenters. The van der Waals surface area contributed by atoms with Crippen LogP contribution in [0.15, 0.2) is 51.8 Å². The Bertz CT molecular complexity index is 1640. The predicted octanol–water partition coefficient (Wildman–Crippen LogP) is 2.04. The Balaban J connectivity index is 1.29. The maximum absolute atomic E-state index is 13.4. The molecular weight excluding hydrogens is 554 g/mol. The largest absolute Gasteiger partial charge is 0.451 e. The molecule has 2 heterocycles. The first-order valence-electron chi connectivity index (χ1n) is 14.5. The van der Waals surface area contributed by atoms with Crippen LogP contribution in [-0.2, 0) is 25.7 Å². The summed E-state index contributed by atoms with van der Waals surface area (Å²) in [5.41, 5.74) is 0.370. The number of rotatable bonds is 11. The van der Waals surface area contributed by atoms with Crippen LogP contribution >= 0.6 is 0 Å². The first-order chi connectivity index (χ1) is 20.6. The van der Waals surface area contributed by atoms with Crippen LogP contribution in [0.3, 0.4) is 0 Å². The molecule has 0 aliphatic heterocycles. The Morgan fingerprint density at radius 1 is 1.05 bits per heavy atom. The predicted molar refractivity (Wildman–Crippen MR) is 157 cm³/mol. The molecule has 12 heteroatoms. The quantitative estimate of drug-likeness (QED) is 0.248. The number of aromatic nitrogens is 1. The number of amides is 4. The molecule has 4 N–H and O–H groups in total. The molecule has 0 radical (unpaired) electrons. The van der Waals surface area contributed by atoms with E-state index in [-0.39, 0.29) is 42.8 Å². The number of furan rings is 1. The van der Waals surface area contributed by atoms with Crippen LogP contribution in [0.5, 0.6) is 0 Å². The first-order valence-corrected chi connectivity index (χ1v) is 14.5. The molecule has 2 aliphatic carbocycles. The topological polar surface area (TPSA) is 169 Å². The summed E-state index contributed by atoms with van der Waals surface area (Å²) < 4.78 is 6.92. The highest BCUT2D eigenvalue weighted by molar-refractivity contribution is 6.36. The molecule has 4 amide bonds. The van der Waals surface area contributed by atoms with Gasteiger partial charge in [0, 0.05) is 36.7 Å². The van der Waals surface area contributed by atoms with Crippen molar-refractivity contribution in [2.75, 3.05) is 12.4 Å². The molecule has 0 spiro atoms. The van der Waals surface area contributed by atoms with Gasteiger partial charge in [-0.3, -0.25) is 28.8 Å². The molecule has 2 saturated carbocycles. The number of nitrogens with zero attached hydrogens (tertiary/aromatic N) is 1. The highest BCUT2D eigenvalue weighted by atomic mass is 16.3. The van der Waals surface area contributed by atoms with Crippen molar-refractivity contribution >= 4 is 46.1 Å². The summed E-state index contributed by atoms with van der Waals surface area (Å²) in [5.74, 6) is -2.18. The van der Waals surface area contributed by atoms with E-state index in [1.807, 2.05) is 6.07 Å². The lowest BCUT2D eigenvalue weighted by Gasteiger charge is -2.23. The number of nitrogens with one attached hydrogen (secondary N) is 4. The first kappa shape index (κ1) is 29.7. The number of Topliss-reactive ketones (excluding diaryl/α,β-unsaturated/α-hetero) is 1. The van der Waals surface area contributed by atoms with E-state index < -0.39 is 35.1 Å². The molecule has 2 bridgehead atoms. The SMILES string of the molecule is CNC(=O)C(=O)CC[C@H](NC(=O)c1oc2ccccc2c1C)C(=O)Nc1cccn(CC(=O)N[C@H]2C[C@H]3CC[C@@H]2C3)c1=O. The Morgan fingerprint density at radius 3 is 2.53 bits per heavy atom. The van der Waals surface area contributed by atoms with Gasteiger partial charge in [0.25, 0.3) is 17.4 Å². The fourth-order valence-electron chi connectivity index (χ4n) is 6.22. The van der Waals surface area contributed by atoms with E-state index >= 15 is 0 Å². The van der Waals surface area contributed by atoms with Gasteiger partial charge in [0.15, 0.2) is 5.76 Å². The average Bonchev–Trinajstić information content (AvgIpc) is 3.71. The molecule has 2 aliphatic rings. The summed E-state index contributed by atoms with van der Waals surface area (Å²) >= 11 is 0. The maximum Gasteiger partial charge on any atom is 0.287 e. The van der Waals surface area contributed by atoms with Gasteiger partial charge in [-0.05, 0) is 62.6 Å². The molecule has 2 aromatic heterocycles. The minimum atomic E-state index is -1.29. The Hall–Kier alpha value is -4.74. The number of hydrogen-bond acceptors (Lipinski definition) is 7. The van der Waals surface area contributed by atoms with Crippen LogP contribution in [0.25, 0.3) is 11.0 Å². The van der Waals surface area contributed by atoms with Gasteiger partial charge < -0.3 is 30.3 Å². The van der Waals surface area contributed by atoms with Crippen molar-refractivity contribution in [3.05, 3.63) is 64.3 Å². The third-order valence-corrected chi connectivity index (χ3v) is 8.49. The second kappa shape index (κ2) is 12.6. The second-order valence-electron chi connectivity index (χ2n) is 11.3. The van der Waals surface area contributed by atoms with Gasteiger partial charge in [0.1, 0.15) is 23.9 Å². The molecule has 2 fully saturated rings. The van der Waals surface area contributed by atoms with Gasteiger partial charge in [-0.2, -0.15) is 0 Å². The van der Waals surface area contributed by atoms with Gasteiger partial charge in [-0.15, -0.1) is 0 Å². The van der Waals surface area contributed by atoms with Gasteiger partial charge in [-0.25, -0.2) is 0 Å². The van der Waals surface area contributed by atoms with E-state index in [9.17, 15) is 28.8 Å². The van der Waals surface area contributed by atoms with Crippen LogP contribution in [0.4, 0.5) is 5.69 Å². The van der Waals surface area contributed by atoms with Crippen molar-refractivity contribution in [1.29, 1.82) is 0 Å². The zero-order chi connectivity index (χ0) is 30.7. The number of carbonyl (C=O) groups excluding carboxylic acids is 5. The molecule has 3 aromatic rings. The Labute approximate surface area is 247 Å². The van der Waals surface area contributed by atoms with Gasteiger partial charge >= 0.3 is 0 Å². The van der Waals surface area contributed by atoms with Crippen LogP contribution in [0.1, 0.15) is 54.6 Å². The summed E-state index contributed by atoms with van der Waals surface area (Å²) in [4.78, 5) is 76.4. The average molecular weight is 590 g/mol. The van der Waals surface area contributed by atoms with Crippen molar-refractivity contribution in [1.82, 2.24) is 20.5 Å². The van der Waals surface area contributed by atoms with Crippen molar-refractivity contribution < 1.29 is 28.4 Å². The lowest BCUT2D eigenvalue weighted by Crippen LogP contribution is -2.45. The molecule has 1 aromatic carbocycles. The zero-order valence-electron chi connectivity index (χ0n) is 24.1. The molecule has 0 saturated heterocycles. The van der Waals surface area contributed by atoms with E-state index in [1.54, 1.807) is 25.1 Å². The fourth-order valence-corrected chi connectivity index (χ4v) is 6.22. The number of likely N-dealkylation sites (N-methyl/N-ethyl adjacent to an activating group) is 1. The van der Waals surface area contributed by atoms with Crippen LogP contribution in [-0.4, -0.2) is 53.1 Å². The van der Waals surface area contributed by atoms with Crippen molar-refractivity contribution in [3.8, 4) is 0 Å². The number of anilines is 1. The van der Waals surface area contributed by atoms with E-state index in [0.717, 1.165) is 24.6 Å². The summed E-state index contributed by atoms with van der Waals surface area (Å²) in [7, 11) is 1.31. The molecule has 226 valence electrons. The lowest BCUT2D eigenvalue weighted by atomic mass is 9.95. The third kappa shape index (κ3) is 6.52. The summed E-state index contributed by atoms with van der Waals surface area (Å²) in [5, 5.41) is 11.1. The Morgan fingerprint density at radius 2 is 1.84 bits per heavy atom. The maximum atomic E-state index is 13.4. The van der Waals surface area contributed by atoms with Gasteiger partial charge in [0.2, 0.25) is 17.6 Å². The van der Waals surface area contributed by atoms with E-state index in [1.165, 1.54) is 36.4 Å². The van der Waals surface area contributed by atoms with E-state index in [4.69, 9.17) is 4.42 Å². The van der Waals surface area contributed by atoms with E-state index in [2.05, 4.69) is 21.3 Å². The van der Waals surface area contributed by atoms with Crippen molar-refractivity contribution in [2.45, 2.75) is 64.1 Å². The van der Waals surface area contributed by atoms with Gasteiger partial charge in [0.05, 0.1) is 0 Å². The number of aryl methyl sites for hydroxylation is 1.